The first-order chi connectivity index (χ1) is 6.00. The van der Waals surface area contributed by atoms with Gasteiger partial charge in [0.25, 0.3) is 0 Å². The minimum Gasteiger partial charge on any atom is -0.0619 e. The fraction of sp³-hybridized carbons (Fsp3) is 0. The molecule has 1 rings (SSSR count). The Morgan fingerprint density at radius 1 is 0.500 bits per heavy atom. The Balaban J connectivity index is 2.67. The van der Waals surface area contributed by atoms with Crippen molar-refractivity contribution >= 4 is 46.0 Å². The first kappa shape index (κ1) is 11.1. The van der Waals surface area contributed by atoms with Gasteiger partial charge in [-0.05, 0) is 57.6 Å². The van der Waals surface area contributed by atoms with E-state index in [1.54, 1.807) is 0 Å². The summed E-state index contributed by atoms with van der Waals surface area (Å²) in [5, 5.41) is 0. The molecule has 0 radical (unpaired) electrons. The monoisotopic (exact) mass is 264 g/mol. The third-order valence-electron chi connectivity index (χ3n) is 0.862. The van der Waals surface area contributed by atoms with E-state index >= 15 is 0 Å². The molecule has 12 heavy (non-hydrogen) atoms. The van der Waals surface area contributed by atoms with Gasteiger partial charge in [0.15, 0.2) is 0 Å². The van der Waals surface area contributed by atoms with E-state index in [0.29, 0.717) is 0 Å². The average Bonchev–Trinajstić information content (AvgIpc) is 2.05. The Labute approximate surface area is 82.0 Å². The smallest absolute Gasteiger partial charge is 0.000379 e. The van der Waals surface area contributed by atoms with E-state index < -0.39 is 0 Å². The van der Waals surface area contributed by atoms with Gasteiger partial charge in [-0.2, -0.15) is 0 Å². The van der Waals surface area contributed by atoms with Crippen LogP contribution in [0.1, 0.15) is 0 Å². The lowest BCUT2D eigenvalue weighted by molar-refractivity contribution is 1.96. The van der Waals surface area contributed by atoms with Crippen molar-refractivity contribution in [3.8, 4) is 0 Å². The topological polar surface area (TPSA) is 0 Å². The summed E-state index contributed by atoms with van der Waals surface area (Å²) in [6, 6.07) is 0. The van der Waals surface area contributed by atoms with Crippen LogP contribution in [0, 0.1) is 0 Å². The van der Waals surface area contributed by atoms with E-state index in [-0.39, 0.29) is 0 Å². The molecule has 6 heteroatoms. The van der Waals surface area contributed by atoms with Crippen LogP contribution >= 0.6 is 46.0 Å². The van der Waals surface area contributed by atoms with Crippen molar-refractivity contribution in [2.24, 2.45) is 0 Å². The quantitative estimate of drug-likeness (QED) is 0.420. The number of rotatable bonds is 0. The minimum atomic E-state index is 1.41. The summed E-state index contributed by atoms with van der Waals surface area (Å²) in [7, 11) is 8.87. The molecule has 0 aromatic carbocycles. The van der Waals surface area contributed by atoms with Gasteiger partial charge >= 0.3 is 0 Å². The molecule has 0 fully saturated rings. The van der Waals surface area contributed by atoms with Gasteiger partial charge in [0.05, 0.1) is 0 Å². The molecule has 0 spiro atoms. The van der Waals surface area contributed by atoms with Crippen LogP contribution in [0.15, 0.2) is 35.9 Å². The van der Waals surface area contributed by atoms with Crippen LogP contribution in [-0.4, -0.2) is 0 Å². The lowest BCUT2D eigenvalue weighted by atomic mass is 10.5. The summed E-state index contributed by atoms with van der Waals surface area (Å²) in [6.07, 6.45) is 8.40. The maximum atomic E-state index is 2.20. The molecule has 0 amide bonds. The summed E-state index contributed by atoms with van der Waals surface area (Å²) < 4.78 is 0. The second-order valence-corrected chi connectivity index (χ2v) is 13.4. The second kappa shape index (κ2) is 8.61. The fourth-order valence-corrected chi connectivity index (χ4v) is 15.2. The summed E-state index contributed by atoms with van der Waals surface area (Å²) in [5.74, 6) is 4.40. The molecule has 60 valence electrons. The molecule has 0 bridgehead atoms. The Morgan fingerprint density at radius 2 is 1.00 bits per heavy atom. The lowest BCUT2D eigenvalue weighted by Crippen LogP contribution is -1.43. The molecule has 0 saturated carbocycles. The molecule has 0 aromatic heterocycles. The van der Waals surface area contributed by atoms with Crippen molar-refractivity contribution in [1.82, 2.24) is 0 Å². The van der Waals surface area contributed by atoms with Gasteiger partial charge in [-0.15, -0.1) is 0 Å². The van der Waals surface area contributed by atoms with Crippen molar-refractivity contribution in [2.75, 3.05) is 0 Å². The molecule has 1 heterocycles. The highest BCUT2D eigenvalue weighted by molar-refractivity contribution is 8.48. The predicted molar refractivity (Wildman–Crippen MR) is 68.9 cm³/mol. The van der Waals surface area contributed by atoms with Crippen molar-refractivity contribution < 1.29 is 0 Å². The Hall–Kier alpha value is 1.02. The predicted octanol–water partition coefficient (Wildman–Crippen LogP) is 6.84. The number of hydrogen-bond donors (Lipinski definition) is 0. The van der Waals surface area contributed by atoms with Gasteiger partial charge in [0.2, 0.25) is 0 Å². The molecule has 0 saturated heterocycles. The Kier molecular flexibility index (Phi) is 7.96. The molecule has 0 N–H and O–H groups in total. The third-order valence-corrected chi connectivity index (χ3v) is 14.6. The Morgan fingerprint density at radius 3 is 1.50 bits per heavy atom. The second-order valence-electron chi connectivity index (χ2n) is 1.66. The van der Waals surface area contributed by atoms with Gasteiger partial charge in [-0.3, -0.25) is 0 Å². The van der Waals surface area contributed by atoms with Gasteiger partial charge in [0, 0.05) is 0 Å². The molecule has 1 aliphatic heterocycles. The fourth-order valence-electron chi connectivity index (χ4n) is 0.446. The molecular formula is C6H6P6. The van der Waals surface area contributed by atoms with Crippen LogP contribution < -0.4 is 0 Å². The van der Waals surface area contributed by atoms with E-state index in [1.807, 2.05) is 0 Å². The maximum absolute atomic E-state index is 2.20. The summed E-state index contributed by atoms with van der Waals surface area (Å²) in [4.78, 5) is 0. The standard InChI is InChI=1S/C6H6P6/c1-2-4-6-8-10-12-11-9-7-5-3-1/h1-6H. The number of hydrogen-bond acceptors (Lipinski definition) is 0. The first-order valence-electron chi connectivity index (χ1n) is 3.18. The third kappa shape index (κ3) is 6.53. The van der Waals surface area contributed by atoms with Crippen molar-refractivity contribution in [2.45, 2.75) is 0 Å². The van der Waals surface area contributed by atoms with Gasteiger partial charge in [0.1, 0.15) is 0 Å². The lowest BCUT2D eigenvalue weighted by Gasteiger charge is -1.74. The summed E-state index contributed by atoms with van der Waals surface area (Å²) in [5.41, 5.74) is 0. The van der Waals surface area contributed by atoms with Gasteiger partial charge in [-0.25, -0.2) is 0 Å². The van der Waals surface area contributed by atoms with Crippen LogP contribution in [0.5, 0.6) is 0 Å². The van der Waals surface area contributed by atoms with Gasteiger partial charge in [-0.1, -0.05) is 24.3 Å². The van der Waals surface area contributed by atoms with Crippen molar-refractivity contribution in [1.29, 1.82) is 0 Å². The molecule has 1 aliphatic rings. The van der Waals surface area contributed by atoms with Crippen LogP contribution in [0.4, 0.5) is 0 Å². The minimum absolute atomic E-state index is 1.41. The van der Waals surface area contributed by atoms with E-state index in [2.05, 4.69) is 35.9 Å². The highest BCUT2D eigenvalue weighted by Crippen LogP contribution is 2.46. The maximum Gasteiger partial charge on any atom is -0.000379 e. The molecule has 0 aliphatic carbocycles. The molecule has 0 aromatic rings. The van der Waals surface area contributed by atoms with Crippen LogP contribution in [0.25, 0.3) is 0 Å². The highest BCUT2D eigenvalue weighted by atomic mass is 32.5. The van der Waals surface area contributed by atoms with E-state index in [0.717, 1.165) is 0 Å². The largest absolute Gasteiger partial charge is 0.0619 e. The summed E-state index contributed by atoms with van der Waals surface area (Å²) in [6.45, 7) is 0. The van der Waals surface area contributed by atoms with Crippen molar-refractivity contribution in [3.05, 3.63) is 35.9 Å². The van der Waals surface area contributed by atoms with E-state index in [9.17, 15) is 0 Å². The zero-order valence-corrected chi connectivity index (χ0v) is 11.5. The normalized spacial score (nSPS) is 24.0. The van der Waals surface area contributed by atoms with Crippen molar-refractivity contribution in [3.63, 3.8) is 0 Å². The van der Waals surface area contributed by atoms with E-state index in [4.69, 9.17) is 0 Å². The average molecular weight is 264 g/mol. The number of allylic oxidation sites excluding steroid dienone is 4. The molecule has 0 unspecified atom stereocenters. The molecule has 0 nitrogen and oxygen atoms in total. The first-order valence-corrected chi connectivity index (χ1v) is 12.2. The summed E-state index contributed by atoms with van der Waals surface area (Å²) >= 11 is 0. The SMILES string of the molecule is C1=CC=CP=PP=PP=PC=C1. The zero-order valence-electron chi connectivity index (χ0n) is 6.15. The highest BCUT2D eigenvalue weighted by Gasteiger charge is 1.69. The van der Waals surface area contributed by atoms with Crippen LogP contribution in [0.2, 0.25) is 0 Å². The molecule has 0 atom stereocenters. The van der Waals surface area contributed by atoms with Crippen LogP contribution in [0.3, 0.4) is 0 Å². The molecular weight excluding hydrogens is 258 g/mol. The zero-order chi connectivity index (χ0) is 8.49. The Bertz CT molecular complexity index is 181. The van der Waals surface area contributed by atoms with Gasteiger partial charge < -0.3 is 0 Å². The van der Waals surface area contributed by atoms with E-state index in [1.165, 1.54) is 46.0 Å². The van der Waals surface area contributed by atoms with Crippen LogP contribution in [-0.2, 0) is 0 Å².